The Balaban J connectivity index is 1.70. The Bertz CT molecular complexity index is 851. The first-order valence-electron chi connectivity index (χ1n) is 7.41. The minimum absolute atomic E-state index is 0.519. The highest BCUT2D eigenvalue weighted by molar-refractivity contribution is 8.00. The lowest BCUT2D eigenvalue weighted by Crippen LogP contribution is -2.37. The zero-order valence-corrected chi connectivity index (χ0v) is 12.7. The highest BCUT2D eigenvalue weighted by atomic mass is 32.2. The first-order valence-corrected chi connectivity index (χ1v) is 8.29. The van der Waals surface area contributed by atoms with Gasteiger partial charge in [0.1, 0.15) is 0 Å². The highest BCUT2D eigenvalue weighted by Crippen LogP contribution is 2.54. The Kier molecular flexibility index (Phi) is 2.28. The normalized spacial score (nSPS) is 23.0. The number of likely N-dealkylation sites (N-methyl/N-ethyl adjacent to an activating group) is 1. The maximum Gasteiger partial charge on any atom is 0.0880 e. The summed E-state index contributed by atoms with van der Waals surface area (Å²) in [5.41, 5.74) is 5.66. The maximum absolute atomic E-state index is 3.62. The summed E-state index contributed by atoms with van der Waals surface area (Å²) < 4.78 is 0. The summed E-state index contributed by atoms with van der Waals surface area (Å²) in [5, 5.41) is 3.29. The molecule has 0 radical (unpaired) electrons. The molecule has 2 aromatic carbocycles. The molecule has 5 rings (SSSR count). The lowest BCUT2D eigenvalue weighted by atomic mass is 9.87. The lowest BCUT2D eigenvalue weighted by Gasteiger charge is -2.37. The van der Waals surface area contributed by atoms with Crippen LogP contribution in [0.1, 0.15) is 17.0 Å². The number of fused-ring (bicyclic) bond motifs is 6. The zero-order valence-electron chi connectivity index (χ0n) is 11.8. The van der Waals surface area contributed by atoms with E-state index in [0.717, 1.165) is 6.42 Å². The summed E-state index contributed by atoms with van der Waals surface area (Å²) in [6.07, 6.45) is 1.15. The van der Waals surface area contributed by atoms with Crippen LogP contribution >= 0.6 is 11.8 Å². The van der Waals surface area contributed by atoms with Gasteiger partial charge in [0.05, 0.1) is 10.4 Å². The fourth-order valence-electron chi connectivity index (χ4n) is 3.90. The number of H-pyrrole nitrogens is 1. The third-order valence-corrected chi connectivity index (χ3v) is 6.30. The smallest absolute Gasteiger partial charge is 0.0880 e. The molecule has 3 heteroatoms. The number of para-hydroxylation sites is 2. The largest absolute Gasteiger partial charge is 0.361 e. The predicted octanol–water partition coefficient (Wildman–Crippen LogP) is 4.38. The lowest BCUT2D eigenvalue weighted by molar-refractivity contribution is 0.614. The van der Waals surface area contributed by atoms with Crippen molar-refractivity contribution < 1.29 is 0 Å². The molecule has 104 valence electrons. The Hall–Kier alpha value is -1.87. The molecule has 0 bridgehead atoms. The van der Waals surface area contributed by atoms with E-state index in [-0.39, 0.29) is 0 Å². The number of aromatic amines is 1. The molecule has 0 aliphatic carbocycles. The molecule has 0 saturated heterocycles. The minimum Gasteiger partial charge on any atom is -0.361 e. The van der Waals surface area contributed by atoms with Crippen molar-refractivity contribution in [2.45, 2.75) is 22.7 Å². The molecule has 3 aromatic rings. The van der Waals surface area contributed by atoms with Gasteiger partial charge in [-0.15, -0.1) is 0 Å². The Labute approximate surface area is 128 Å². The number of thioether (sulfide) groups is 1. The minimum atomic E-state index is 0.519. The summed E-state index contributed by atoms with van der Waals surface area (Å²) in [6, 6.07) is 17.5. The van der Waals surface area contributed by atoms with Crippen LogP contribution in [0.15, 0.2) is 53.6 Å². The molecule has 0 saturated carbocycles. The summed E-state index contributed by atoms with van der Waals surface area (Å²) in [4.78, 5) is 6.07. The number of hydrogen-bond acceptors (Lipinski definition) is 2. The fraction of sp³-hybridized carbons (Fsp3) is 0.222. The second-order valence-electron chi connectivity index (χ2n) is 5.97. The summed E-state index contributed by atoms with van der Waals surface area (Å²) in [6.45, 7) is 0. The van der Waals surface area contributed by atoms with Gasteiger partial charge in [-0.25, -0.2) is 0 Å². The van der Waals surface area contributed by atoms with Crippen LogP contribution in [0.25, 0.3) is 10.9 Å². The molecule has 2 nitrogen and oxygen atoms in total. The van der Waals surface area contributed by atoms with Crippen molar-refractivity contribution in [1.82, 2.24) is 4.98 Å². The molecule has 1 N–H and O–H groups in total. The van der Waals surface area contributed by atoms with Gasteiger partial charge in [0.15, 0.2) is 0 Å². The topological polar surface area (TPSA) is 19.0 Å². The highest BCUT2D eigenvalue weighted by Gasteiger charge is 2.42. The van der Waals surface area contributed by atoms with Crippen molar-refractivity contribution in [2.75, 3.05) is 11.9 Å². The first-order chi connectivity index (χ1) is 10.3. The van der Waals surface area contributed by atoms with Gasteiger partial charge in [0, 0.05) is 29.6 Å². The summed E-state index contributed by atoms with van der Waals surface area (Å²) >= 11 is 1.99. The Morgan fingerprint density at radius 3 is 2.86 bits per heavy atom. The van der Waals surface area contributed by atoms with Crippen molar-refractivity contribution in [3.63, 3.8) is 0 Å². The van der Waals surface area contributed by atoms with Crippen molar-refractivity contribution in [2.24, 2.45) is 0 Å². The van der Waals surface area contributed by atoms with E-state index in [1.165, 1.54) is 32.7 Å². The average molecular weight is 292 g/mol. The number of anilines is 1. The molecular formula is C18H16N2S. The number of hydrogen-bond donors (Lipinski definition) is 1. The Morgan fingerprint density at radius 2 is 1.90 bits per heavy atom. The number of aromatic nitrogens is 1. The number of benzene rings is 2. The molecule has 1 aromatic heterocycles. The van der Waals surface area contributed by atoms with Crippen LogP contribution < -0.4 is 4.90 Å². The molecule has 0 spiro atoms. The fourth-order valence-corrected chi connectivity index (χ4v) is 5.37. The Morgan fingerprint density at radius 1 is 1.10 bits per heavy atom. The van der Waals surface area contributed by atoms with Gasteiger partial charge in [-0.2, -0.15) is 0 Å². The molecular weight excluding hydrogens is 276 g/mol. The molecule has 0 unspecified atom stereocenters. The van der Waals surface area contributed by atoms with E-state index >= 15 is 0 Å². The summed E-state index contributed by atoms with van der Waals surface area (Å²) in [5.74, 6) is 0.584. The predicted molar refractivity (Wildman–Crippen MR) is 89.2 cm³/mol. The monoisotopic (exact) mass is 292 g/mol. The summed E-state index contributed by atoms with van der Waals surface area (Å²) in [7, 11) is 2.23. The van der Waals surface area contributed by atoms with E-state index in [1.807, 2.05) is 11.8 Å². The molecule has 3 heterocycles. The molecule has 2 aliphatic heterocycles. The second kappa shape index (κ2) is 4.08. The van der Waals surface area contributed by atoms with Gasteiger partial charge >= 0.3 is 0 Å². The van der Waals surface area contributed by atoms with Gasteiger partial charge in [-0.3, -0.25) is 0 Å². The third-order valence-electron chi connectivity index (χ3n) is 4.86. The van der Waals surface area contributed by atoms with E-state index in [2.05, 4.69) is 65.5 Å². The van der Waals surface area contributed by atoms with Gasteiger partial charge in [-0.05, 0) is 29.7 Å². The molecule has 21 heavy (non-hydrogen) atoms. The van der Waals surface area contributed by atoms with E-state index < -0.39 is 0 Å². The standard InChI is InChI=1S/C18H16N2S/c1-20-15-9-5-2-6-11(15)10-13-16-12-7-3-4-8-14(12)19-17(16)21-18(13)20/h2-9,13,18-19H,10H2,1H3/t13-,18+/m0/s1. The number of nitrogens with zero attached hydrogens (tertiary/aromatic N) is 1. The van der Waals surface area contributed by atoms with E-state index in [4.69, 9.17) is 0 Å². The molecule has 0 fully saturated rings. The van der Waals surface area contributed by atoms with Crippen LogP contribution in [-0.2, 0) is 6.42 Å². The average Bonchev–Trinajstić information content (AvgIpc) is 3.04. The quantitative estimate of drug-likeness (QED) is 0.663. The number of nitrogens with one attached hydrogen (secondary N) is 1. The second-order valence-corrected chi connectivity index (χ2v) is 7.10. The van der Waals surface area contributed by atoms with Crippen LogP contribution in [0.5, 0.6) is 0 Å². The van der Waals surface area contributed by atoms with Crippen molar-refractivity contribution in [3.8, 4) is 0 Å². The van der Waals surface area contributed by atoms with Crippen LogP contribution in [0, 0.1) is 0 Å². The van der Waals surface area contributed by atoms with Crippen LogP contribution in [0.2, 0.25) is 0 Å². The molecule has 0 amide bonds. The zero-order chi connectivity index (χ0) is 14.0. The van der Waals surface area contributed by atoms with E-state index in [0.29, 0.717) is 11.3 Å². The molecule has 2 atom stereocenters. The maximum atomic E-state index is 3.62. The SMILES string of the molecule is CN1c2ccccc2C[C@H]2c3c([nH]c4ccccc34)S[C@H]21. The van der Waals surface area contributed by atoms with Gasteiger partial charge < -0.3 is 9.88 Å². The van der Waals surface area contributed by atoms with Crippen LogP contribution in [-0.4, -0.2) is 17.4 Å². The van der Waals surface area contributed by atoms with Crippen molar-refractivity contribution >= 4 is 28.4 Å². The van der Waals surface area contributed by atoms with E-state index in [9.17, 15) is 0 Å². The van der Waals surface area contributed by atoms with Gasteiger partial charge in [0.2, 0.25) is 0 Å². The van der Waals surface area contributed by atoms with Crippen molar-refractivity contribution in [1.29, 1.82) is 0 Å². The van der Waals surface area contributed by atoms with Crippen molar-refractivity contribution in [3.05, 3.63) is 59.7 Å². The molecule has 2 aliphatic rings. The van der Waals surface area contributed by atoms with Crippen LogP contribution in [0.3, 0.4) is 0 Å². The van der Waals surface area contributed by atoms with Gasteiger partial charge in [-0.1, -0.05) is 48.2 Å². The number of rotatable bonds is 0. The van der Waals surface area contributed by atoms with E-state index in [1.54, 1.807) is 0 Å². The third kappa shape index (κ3) is 1.50. The first kappa shape index (κ1) is 11.8. The van der Waals surface area contributed by atoms with Gasteiger partial charge in [0.25, 0.3) is 0 Å². The van der Waals surface area contributed by atoms with Crippen LogP contribution in [0.4, 0.5) is 5.69 Å².